The van der Waals surface area contributed by atoms with Crippen molar-refractivity contribution in [3.63, 3.8) is 0 Å². The minimum absolute atomic E-state index is 0.335. The fourth-order valence-corrected chi connectivity index (χ4v) is 1.62. The standard InChI is InChI=1S/C15H20N2O2/c1-10-7-6-8-13(12(10)9-16)17-11(2)14(18)19-15(3,4)5/h6-8,11,17H,1-5H3. The van der Waals surface area contributed by atoms with Crippen LogP contribution in [-0.2, 0) is 9.53 Å². The third-order valence-electron chi connectivity index (χ3n) is 2.52. The molecule has 1 unspecified atom stereocenters. The van der Waals surface area contributed by atoms with E-state index in [-0.39, 0.29) is 5.97 Å². The molecule has 19 heavy (non-hydrogen) atoms. The second-order valence-corrected chi connectivity index (χ2v) is 5.51. The molecule has 0 fully saturated rings. The molecule has 1 atom stereocenters. The lowest BCUT2D eigenvalue weighted by Crippen LogP contribution is -2.34. The van der Waals surface area contributed by atoms with Crippen molar-refractivity contribution in [3.05, 3.63) is 29.3 Å². The maximum absolute atomic E-state index is 11.9. The molecule has 0 saturated heterocycles. The number of nitriles is 1. The fraction of sp³-hybridized carbons (Fsp3) is 0.467. The van der Waals surface area contributed by atoms with Crippen LogP contribution in [0.4, 0.5) is 5.69 Å². The summed E-state index contributed by atoms with van der Waals surface area (Å²) in [6.45, 7) is 9.06. The number of hydrogen-bond donors (Lipinski definition) is 1. The van der Waals surface area contributed by atoms with Crippen molar-refractivity contribution in [2.45, 2.75) is 46.3 Å². The smallest absolute Gasteiger partial charge is 0.328 e. The quantitative estimate of drug-likeness (QED) is 0.849. The van der Waals surface area contributed by atoms with Gasteiger partial charge in [-0.2, -0.15) is 5.26 Å². The van der Waals surface area contributed by atoms with Crippen LogP contribution in [0, 0.1) is 18.3 Å². The third-order valence-corrected chi connectivity index (χ3v) is 2.52. The minimum Gasteiger partial charge on any atom is -0.458 e. The lowest BCUT2D eigenvalue weighted by atomic mass is 10.1. The molecule has 102 valence electrons. The average Bonchev–Trinajstić information content (AvgIpc) is 2.27. The van der Waals surface area contributed by atoms with Crippen molar-refractivity contribution >= 4 is 11.7 Å². The summed E-state index contributed by atoms with van der Waals surface area (Å²) in [4.78, 5) is 11.9. The molecule has 0 bridgehead atoms. The zero-order valence-electron chi connectivity index (χ0n) is 12.1. The number of esters is 1. The van der Waals surface area contributed by atoms with Gasteiger partial charge in [0.25, 0.3) is 0 Å². The van der Waals surface area contributed by atoms with Gasteiger partial charge in [0.2, 0.25) is 0 Å². The molecule has 1 rings (SSSR count). The molecule has 0 radical (unpaired) electrons. The van der Waals surface area contributed by atoms with Gasteiger partial charge >= 0.3 is 5.97 Å². The Bertz CT molecular complexity index is 510. The van der Waals surface area contributed by atoms with E-state index in [0.29, 0.717) is 11.3 Å². The molecule has 1 N–H and O–H groups in total. The molecular weight excluding hydrogens is 240 g/mol. The highest BCUT2D eigenvalue weighted by Crippen LogP contribution is 2.20. The monoisotopic (exact) mass is 260 g/mol. The van der Waals surface area contributed by atoms with Gasteiger partial charge in [-0.25, -0.2) is 4.79 Å². The molecule has 1 aromatic rings. The lowest BCUT2D eigenvalue weighted by molar-refractivity contribution is -0.155. The Morgan fingerprint density at radius 1 is 1.42 bits per heavy atom. The number of nitrogens with zero attached hydrogens (tertiary/aromatic N) is 1. The molecule has 0 amide bonds. The first-order chi connectivity index (χ1) is 8.74. The van der Waals surface area contributed by atoms with Gasteiger partial charge in [0, 0.05) is 0 Å². The van der Waals surface area contributed by atoms with E-state index < -0.39 is 11.6 Å². The summed E-state index contributed by atoms with van der Waals surface area (Å²) in [7, 11) is 0. The van der Waals surface area contributed by atoms with Crippen molar-refractivity contribution in [2.24, 2.45) is 0 Å². The van der Waals surface area contributed by atoms with E-state index in [0.717, 1.165) is 5.56 Å². The van der Waals surface area contributed by atoms with Crippen LogP contribution in [0.3, 0.4) is 0 Å². The van der Waals surface area contributed by atoms with Crippen LogP contribution in [0.15, 0.2) is 18.2 Å². The maximum Gasteiger partial charge on any atom is 0.328 e. The second kappa shape index (κ2) is 5.75. The predicted octanol–water partition coefficient (Wildman–Crippen LogP) is 3.01. The Kier molecular flexibility index (Phi) is 4.55. The highest BCUT2D eigenvalue weighted by atomic mass is 16.6. The SMILES string of the molecule is Cc1cccc(NC(C)C(=O)OC(C)(C)C)c1C#N. The molecule has 1 aromatic carbocycles. The number of carbonyl (C=O) groups excluding carboxylic acids is 1. The van der Waals surface area contributed by atoms with Gasteiger partial charge in [0.05, 0.1) is 11.3 Å². The van der Waals surface area contributed by atoms with Gasteiger partial charge in [0.15, 0.2) is 0 Å². The fourth-order valence-electron chi connectivity index (χ4n) is 1.62. The van der Waals surface area contributed by atoms with Crippen LogP contribution < -0.4 is 5.32 Å². The van der Waals surface area contributed by atoms with Crippen molar-refractivity contribution in [2.75, 3.05) is 5.32 Å². The number of hydrogen-bond acceptors (Lipinski definition) is 4. The summed E-state index contributed by atoms with van der Waals surface area (Å²) in [5.74, 6) is -0.335. The number of benzene rings is 1. The van der Waals surface area contributed by atoms with E-state index >= 15 is 0 Å². The first-order valence-corrected chi connectivity index (χ1v) is 6.23. The van der Waals surface area contributed by atoms with Crippen LogP contribution >= 0.6 is 0 Å². The summed E-state index contributed by atoms with van der Waals surface area (Å²) in [5.41, 5.74) is 1.57. The first-order valence-electron chi connectivity index (χ1n) is 6.23. The summed E-state index contributed by atoms with van der Waals surface area (Å²) in [6.07, 6.45) is 0. The number of carbonyl (C=O) groups is 1. The predicted molar refractivity (Wildman–Crippen MR) is 74.8 cm³/mol. The molecule has 0 aliphatic heterocycles. The van der Waals surface area contributed by atoms with Crippen molar-refractivity contribution in [1.29, 1.82) is 5.26 Å². The Morgan fingerprint density at radius 2 is 2.05 bits per heavy atom. The number of nitrogens with one attached hydrogen (secondary N) is 1. The second-order valence-electron chi connectivity index (χ2n) is 5.51. The van der Waals surface area contributed by atoms with Crippen LogP contribution in [0.5, 0.6) is 0 Å². The average molecular weight is 260 g/mol. The van der Waals surface area contributed by atoms with Crippen LogP contribution in [0.1, 0.15) is 38.8 Å². The van der Waals surface area contributed by atoms with E-state index in [1.807, 2.05) is 39.8 Å². The molecule has 0 spiro atoms. The minimum atomic E-state index is -0.516. The Hall–Kier alpha value is -2.02. The lowest BCUT2D eigenvalue weighted by Gasteiger charge is -2.23. The van der Waals surface area contributed by atoms with Crippen LogP contribution in [-0.4, -0.2) is 17.6 Å². The number of anilines is 1. The Balaban J connectivity index is 2.84. The van der Waals surface area contributed by atoms with Crippen molar-refractivity contribution < 1.29 is 9.53 Å². The van der Waals surface area contributed by atoms with E-state index in [2.05, 4.69) is 11.4 Å². The molecule has 0 aliphatic rings. The van der Waals surface area contributed by atoms with E-state index in [1.54, 1.807) is 13.0 Å². The third kappa shape index (κ3) is 4.29. The summed E-state index contributed by atoms with van der Waals surface area (Å²) in [6, 6.07) is 7.13. The molecule has 0 aromatic heterocycles. The van der Waals surface area contributed by atoms with Gasteiger partial charge in [0.1, 0.15) is 17.7 Å². The summed E-state index contributed by atoms with van der Waals surface area (Å²) in [5, 5.41) is 12.2. The van der Waals surface area contributed by atoms with Crippen LogP contribution in [0.25, 0.3) is 0 Å². The summed E-state index contributed by atoms with van der Waals surface area (Å²) < 4.78 is 5.29. The van der Waals surface area contributed by atoms with Gasteiger partial charge < -0.3 is 10.1 Å². The highest BCUT2D eigenvalue weighted by molar-refractivity contribution is 5.80. The zero-order valence-corrected chi connectivity index (χ0v) is 12.1. The van der Waals surface area contributed by atoms with Gasteiger partial charge in [-0.1, -0.05) is 12.1 Å². The molecular formula is C15H20N2O2. The largest absolute Gasteiger partial charge is 0.458 e. The van der Waals surface area contributed by atoms with E-state index in [4.69, 9.17) is 10.00 Å². The Morgan fingerprint density at radius 3 is 2.58 bits per heavy atom. The van der Waals surface area contributed by atoms with Crippen molar-refractivity contribution in [3.8, 4) is 6.07 Å². The maximum atomic E-state index is 11.9. The summed E-state index contributed by atoms with van der Waals surface area (Å²) >= 11 is 0. The topological polar surface area (TPSA) is 62.1 Å². The van der Waals surface area contributed by atoms with Gasteiger partial charge in [-0.05, 0) is 46.2 Å². The first kappa shape index (κ1) is 15.0. The highest BCUT2D eigenvalue weighted by Gasteiger charge is 2.22. The van der Waals surface area contributed by atoms with Crippen molar-refractivity contribution in [1.82, 2.24) is 0 Å². The normalized spacial score (nSPS) is 12.4. The molecule has 4 heteroatoms. The zero-order chi connectivity index (χ0) is 14.6. The molecule has 0 aliphatic carbocycles. The Labute approximate surface area is 114 Å². The van der Waals surface area contributed by atoms with E-state index in [9.17, 15) is 4.79 Å². The molecule has 4 nitrogen and oxygen atoms in total. The number of rotatable bonds is 3. The number of aryl methyl sites for hydroxylation is 1. The van der Waals surface area contributed by atoms with E-state index in [1.165, 1.54) is 0 Å². The van der Waals surface area contributed by atoms with Crippen LogP contribution in [0.2, 0.25) is 0 Å². The molecule has 0 heterocycles. The van der Waals surface area contributed by atoms with Gasteiger partial charge in [-0.15, -0.1) is 0 Å². The van der Waals surface area contributed by atoms with Gasteiger partial charge in [-0.3, -0.25) is 0 Å². The number of ether oxygens (including phenoxy) is 1. The molecule has 0 saturated carbocycles.